The Morgan fingerprint density at radius 1 is 0.333 bits per heavy atom. The van der Waals surface area contributed by atoms with E-state index in [0.29, 0.717) is 17.5 Å². The Kier molecular flexibility index (Phi) is 7.03. The van der Waals surface area contributed by atoms with Gasteiger partial charge in [-0.25, -0.2) is 15.0 Å². The molecule has 6 heteroatoms. The van der Waals surface area contributed by atoms with Crippen LogP contribution in [-0.2, 0) is 0 Å². The lowest BCUT2D eigenvalue weighted by molar-refractivity contribution is 0.668. The van der Waals surface area contributed by atoms with Gasteiger partial charge >= 0.3 is 0 Å². The number of benzene rings is 8. The van der Waals surface area contributed by atoms with Gasteiger partial charge in [-0.1, -0.05) is 133 Å². The normalized spacial score (nSPS) is 11.9. The minimum absolute atomic E-state index is 0.642. The van der Waals surface area contributed by atoms with Gasteiger partial charge in [0.1, 0.15) is 22.3 Å². The molecular formula is C51H29N3O2S. The molecule has 0 aliphatic rings. The summed E-state index contributed by atoms with van der Waals surface area (Å²) in [4.78, 5) is 14.9. The first-order valence-corrected chi connectivity index (χ1v) is 19.7. The van der Waals surface area contributed by atoms with Crippen molar-refractivity contribution in [2.75, 3.05) is 0 Å². The molecule has 0 saturated heterocycles. The van der Waals surface area contributed by atoms with Gasteiger partial charge in [-0.05, 0) is 64.7 Å². The minimum atomic E-state index is 0.642. The van der Waals surface area contributed by atoms with E-state index in [2.05, 4.69) is 91.0 Å². The van der Waals surface area contributed by atoms with Crippen LogP contribution in [0.15, 0.2) is 185 Å². The number of para-hydroxylation sites is 2. The zero-order valence-electron chi connectivity index (χ0n) is 30.3. The topological polar surface area (TPSA) is 65.0 Å². The van der Waals surface area contributed by atoms with Crippen LogP contribution >= 0.6 is 11.3 Å². The highest BCUT2D eigenvalue weighted by Crippen LogP contribution is 2.45. The second-order valence-corrected chi connectivity index (χ2v) is 15.4. The van der Waals surface area contributed by atoms with E-state index in [-0.39, 0.29) is 0 Å². The van der Waals surface area contributed by atoms with Crippen LogP contribution in [0.1, 0.15) is 0 Å². The van der Waals surface area contributed by atoms with E-state index in [1.165, 1.54) is 20.2 Å². The molecule has 12 rings (SSSR count). The number of nitrogens with zero attached hydrogens (tertiary/aromatic N) is 3. The molecule has 0 aliphatic carbocycles. The van der Waals surface area contributed by atoms with Crippen molar-refractivity contribution in [1.82, 2.24) is 15.0 Å². The van der Waals surface area contributed by atoms with E-state index in [4.69, 9.17) is 23.8 Å². The fourth-order valence-corrected chi connectivity index (χ4v) is 9.51. The summed E-state index contributed by atoms with van der Waals surface area (Å²) in [6.07, 6.45) is 0. The summed E-state index contributed by atoms with van der Waals surface area (Å²) in [5.74, 6) is 1.94. The molecule has 0 unspecified atom stereocenters. The van der Waals surface area contributed by atoms with Crippen LogP contribution in [0.3, 0.4) is 0 Å². The first-order valence-electron chi connectivity index (χ1n) is 18.9. The molecule has 0 saturated carbocycles. The maximum Gasteiger partial charge on any atom is 0.164 e. The monoisotopic (exact) mass is 747 g/mol. The van der Waals surface area contributed by atoms with E-state index in [9.17, 15) is 0 Å². The third-order valence-electron chi connectivity index (χ3n) is 10.9. The number of aromatic nitrogens is 3. The van der Waals surface area contributed by atoms with Crippen LogP contribution in [-0.4, -0.2) is 15.0 Å². The fourth-order valence-electron chi connectivity index (χ4n) is 8.23. The Hall–Kier alpha value is -7.41. The number of furan rings is 2. The lowest BCUT2D eigenvalue weighted by Crippen LogP contribution is -1.99. The van der Waals surface area contributed by atoms with Crippen LogP contribution in [0, 0.1) is 0 Å². The maximum absolute atomic E-state index is 6.59. The molecule has 0 fully saturated rings. The third kappa shape index (κ3) is 5.19. The van der Waals surface area contributed by atoms with Crippen molar-refractivity contribution in [3.63, 3.8) is 0 Å². The molecule has 0 radical (unpaired) electrons. The van der Waals surface area contributed by atoms with Crippen molar-refractivity contribution in [2.24, 2.45) is 0 Å². The minimum Gasteiger partial charge on any atom is -0.456 e. The number of hydrogen-bond acceptors (Lipinski definition) is 6. The second kappa shape index (κ2) is 12.6. The predicted molar refractivity (Wildman–Crippen MR) is 234 cm³/mol. The van der Waals surface area contributed by atoms with Crippen molar-refractivity contribution < 1.29 is 8.83 Å². The van der Waals surface area contributed by atoms with Crippen molar-refractivity contribution in [3.05, 3.63) is 176 Å². The van der Waals surface area contributed by atoms with Gasteiger partial charge in [0.15, 0.2) is 17.5 Å². The van der Waals surface area contributed by atoms with Crippen LogP contribution in [0.5, 0.6) is 0 Å². The molecule has 0 N–H and O–H groups in total. The maximum atomic E-state index is 6.59. The molecule has 57 heavy (non-hydrogen) atoms. The lowest BCUT2D eigenvalue weighted by atomic mass is 9.93. The zero-order chi connectivity index (χ0) is 37.5. The van der Waals surface area contributed by atoms with Gasteiger partial charge in [-0.3, -0.25) is 0 Å². The quantitative estimate of drug-likeness (QED) is 0.175. The smallest absolute Gasteiger partial charge is 0.164 e. The number of thiophene rings is 1. The van der Waals surface area contributed by atoms with Gasteiger partial charge < -0.3 is 8.83 Å². The number of hydrogen-bond donors (Lipinski definition) is 0. The summed E-state index contributed by atoms with van der Waals surface area (Å²) in [6, 6.07) is 60.9. The third-order valence-corrected chi connectivity index (χ3v) is 12.1. The van der Waals surface area contributed by atoms with E-state index in [1.54, 1.807) is 11.3 Å². The summed E-state index contributed by atoms with van der Waals surface area (Å²) in [5, 5.41) is 6.82. The average molecular weight is 748 g/mol. The molecule has 0 spiro atoms. The van der Waals surface area contributed by atoms with Crippen LogP contribution < -0.4 is 0 Å². The van der Waals surface area contributed by atoms with E-state index >= 15 is 0 Å². The highest BCUT2D eigenvalue weighted by atomic mass is 32.1. The highest BCUT2D eigenvalue weighted by molar-refractivity contribution is 7.26. The van der Waals surface area contributed by atoms with Crippen molar-refractivity contribution in [3.8, 4) is 56.4 Å². The van der Waals surface area contributed by atoms with Crippen molar-refractivity contribution in [2.45, 2.75) is 0 Å². The van der Waals surface area contributed by atoms with E-state index in [1.807, 2.05) is 84.9 Å². The Balaban J connectivity index is 1.03. The molecular weight excluding hydrogens is 719 g/mol. The molecule has 0 atom stereocenters. The molecule has 8 aromatic carbocycles. The average Bonchev–Trinajstić information content (AvgIpc) is 3.97. The predicted octanol–water partition coefficient (Wildman–Crippen LogP) is 14.4. The Bertz CT molecular complexity index is 3470. The standard InChI is InChI=1S/C51H29N3O2S/c1-3-12-30(13-4-1)49-52-50(31-14-5-2-6-15-31)54-51(53-49)33-23-25-38-39-19-11-18-35(48(39)57-46(38)29-33)34-26-41(47-40-17-8-10-21-43(40)56-45(47)28-34)32-22-24-37-36-16-7-9-20-42(36)55-44(37)27-32/h1-29H. The molecule has 4 aromatic heterocycles. The Labute approximate surface area is 330 Å². The van der Waals surface area contributed by atoms with E-state index in [0.717, 1.165) is 82.8 Å². The van der Waals surface area contributed by atoms with Crippen molar-refractivity contribution >= 4 is 75.4 Å². The van der Waals surface area contributed by atoms with Crippen molar-refractivity contribution in [1.29, 1.82) is 0 Å². The molecule has 0 aliphatic heterocycles. The molecule has 0 amide bonds. The highest BCUT2D eigenvalue weighted by Gasteiger charge is 2.20. The zero-order valence-corrected chi connectivity index (χ0v) is 31.1. The fraction of sp³-hybridized carbons (Fsp3) is 0. The molecule has 266 valence electrons. The SMILES string of the molecule is c1ccc(-c2nc(-c3ccccc3)nc(-c3ccc4c(c3)sc3c(-c5cc(-c6ccc7c(c6)oc6ccccc67)c6c(c5)oc5ccccc56)cccc34)n2)cc1. The van der Waals surface area contributed by atoms with Crippen LogP contribution in [0.4, 0.5) is 0 Å². The number of rotatable bonds is 5. The summed E-state index contributed by atoms with van der Waals surface area (Å²) < 4.78 is 15.3. The van der Waals surface area contributed by atoms with Gasteiger partial charge in [-0.2, -0.15) is 0 Å². The van der Waals surface area contributed by atoms with Gasteiger partial charge in [0.2, 0.25) is 0 Å². The van der Waals surface area contributed by atoms with Gasteiger partial charge in [0.05, 0.1) is 0 Å². The van der Waals surface area contributed by atoms with Gasteiger partial charge in [0.25, 0.3) is 0 Å². The second-order valence-electron chi connectivity index (χ2n) is 14.3. The van der Waals surface area contributed by atoms with E-state index < -0.39 is 0 Å². The first kappa shape index (κ1) is 31.9. The largest absolute Gasteiger partial charge is 0.456 e. The Morgan fingerprint density at radius 2 is 0.895 bits per heavy atom. The molecule has 0 bridgehead atoms. The first-order chi connectivity index (χ1) is 28.2. The summed E-state index contributed by atoms with van der Waals surface area (Å²) in [6.45, 7) is 0. The van der Waals surface area contributed by atoms with Crippen LogP contribution in [0.2, 0.25) is 0 Å². The number of fused-ring (bicyclic) bond motifs is 9. The molecule has 4 heterocycles. The van der Waals surface area contributed by atoms with Gasteiger partial charge in [-0.15, -0.1) is 11.3 Å². The Morgan fingerprint density at radius 3 is 1.65 bits per heavy atom. The summed E-state index contributed by atoms with van der Waals surface area (Å²) in [5.41, 5.74) is 10.8. The summed E-state index contributed by atoms with van der Waals surface area (Å²) in [7, 11) is 0. The molecule has 5 nitrogen and oxygen atoms in total. The molecule has 12 aromatic rings. The summed E-state index contributed by atoms with van der Waals surface area (Å²) >= 11 is 1.79. The lowest BCUT2D eigenvalue weighted by Gasteiger charge is -2.10. The van der Waals surface area contributed by atoms with Gasteiger partial charge in [0, 0.05) is 58.4 Å². The van der Waals surface area contributed by atoms with Crippen LogP contribution in [0.25, 0.3) is 120 Å².